The molecule has 19 heavy (non-hydrogen) atoms. The highest BCUT2D eigenvalue weighted by molar-refractivity contribution is 9.10. The van der Waals surface area contributed by atoms with E-state index in [1.807, 2.05) is 20.8 Å². The number of aliphatic hydroxyl groups is 1. The second kappa shape index (κ2) is 5.47. The topological polar surface area (TPSA) is 33.4 Å². The van der Waals surface area contributed by atoms with E-state index in [1.165, 1.54) is 12.1 Å². The predicted octanol–water partition coefficient (Wildman–Crippen LogP) is 4.38. The highest BCUT2D eigenvalue weighted by atomic mass is 79.9. The van der Waals surface area contributed by atoms with Crippen LogP contribution in [0.15, 0.2) is 27.1 Å². The number of benzene rings is 1. The quantitative estimate of drug-likeness (QED) is 0.907. The molecule has 1 unspecified atom stereocenters. The SMILES string of the molecule is Cc1oc(C)c(C(O)Cc2ccc(F)cc2Br)c1C. The molecule has 0 aliphatic heterocycles. The summed E-state index contributed by atoms with van der Waals surface area (Å²) in [6.07, 6.45) is -0.235. The van der Waals surface area contributed by atoms with Crippen LogP contribution in [0.1, 0.15) is 34.3 Å². The van der Waals surface area contributed by atoms with Gasteiger partial charge in [-0.1, -0.05) is 22.0 Å². The molecule has 2 aromatic rings. The standard InChI is InChI=1S/C15H16BrFO2/c1-8-9(2)19-10(3)15(8)14(18)6-11-4-5-12(17)7-13(11)16/h4-5,7,14,18H,6H2,1-3H3. The molecular formula is C15H16BrFO2. The lowest BCUT2D eigenvalue weighted by Crippen LogP contribution is -2.04. The van der Waals surface area contributed by atoms with Crippen molar-refractivity contribution in [3.63, 3.8) is 0 Å². The van der Waals surface area contributed by atoms with Crippen LogP contribution < -0.4 is 0 Å². The first kappa shape index (κ1) is 14.3. The van der Waals surface area contributed by atoms with Gasteiger partial charge in [0.05, 0.1) is 6.10 Å². The molecule has 2 nitrogen and oxygen atoms in total. The lowest BCUT2D eigenvalue weighted by molar-refractivity contribution is 0.175. The zero-order valence-corrected chi connectivity index (χ0v) is 12.7. The third-order valence-electron chi connectivity index (χ3n) is 3.38. The molecular weight excluding hydrogens is 311 g/mol. The Morgan fingerprint density at radius 2 is 1.95 bits per heavy atom. The van der Waals surface area contributed by atoms with Crippen LogP contribution in [0.5, 0.6) is 0 Å². The Hall–Kier alpha value is -1.13. The minimum atomic E-state index is -0.654. The van der Waals surface area contributed by atoms with Gasteiger partial charge in [0.2, 0.25) is 0 Å². The Bertz CT molecular complexity index is 604. The third-order valence-corrected chi connectivity index (χ3v) is 4.12. The summed E-state index contributed by atoms with van der Waals surface area (Å²) in [5, 5.41) is 10.4. The molecule has 0 saturated heterocycles. The minimum absolute atomic E-state index is 0.295. The van der Waals surface area contributed by atoms with Crippen molar-refractivity contribution < 1.29 is 13.9 Å². The summed E-state index contributed by atoms with van der Waals surface area (Å²) in [7, 11) is 0. The Kier molecular flexibility index (Phi) is 4.11. The Morgan fingerprint density at radius 3 is 2.47 bits per heavy atom. The Morgan fingerprint density at radius 1 is 1.26 bits per heavy atom. The first-order valence-corrected chi connectivity index (χ1v) is 6.88. The summed E-state index contributed by atoms with van der Waals surface area (Å²) in [4.78, 5) is 0. The molecule has 2 rings (SSSR count). The number of rotatable bonds is 3. The molecule has 0 aliphatic rings. The summed E-state index contributed by atoms with van der Waals surface area (Å²) in [6.45, 7) is 5.66. The summed E-state index contributed by atoms with van der Waals surface area (Å²) in [6, 6.07) is 4.48. The molecule has 1 aromatic heterocycles. The average molecular weight is 327 g/mol. The van der Waals surface area contributed by atoms with Gasteiger partial charge in [-0.2, -0.15) is 0 Å². The summed E-state index contributed by atoms with van der Waals surface area (Å²) < 4.78 is 19.2. The molecule has 1 aromatic carbocycles. The second-order valence-electron chi connectivity index (χ2n) is 4.71. The van der Waals surface area contributed by atoms with E-state index >= 15 is 0 Å². The summed E-state index contributed by atoms with van der Waals surface area (Å²) >= 11 is 3.32. The van der Waals surface area contributed by atoms with Gasteiger partial charge in [0, 0.05) is 16.5 Å². The van der Waals surface area contributed by atoms with Gasteiger partial charge in [-0.15, -0.1) is 0 Å². The van der Waals surface area contributed by atoms with Gasteiger partial charge in [-0.3, -0.25) is 0 Å². The molecule has 0 saturated carbocycles. The first-order valence-electron chi connectivity index (χ1n) is 6.08. The number of aryl methyl sites for hydroxylation is 2. The monoisotopic (exact) mass is 326 g/mol. The van der Waals surface area contributed by atoms with Gasteiger partial charge >= 0.3 is 0 Å². The molecule has 1 heterocycles. The van der Waals surface area contributed by atoms with E-state index in [4.69, 9.17) is 4.42 Å². The fourth-order valence-electron chi connectivity index (χ4n) is 2.30. The summed E-state index contributed by atoms with van der Waals surface area (Å²) in [5.74, 6) is 1.27. The number of halogens is 2. The number of hydrogen-bond acceptors (Lipinski definition) is 2. The number of aliphatic hydroxyl groups excluding tert-OH is 1. The van der Waals surface area contributed by atoms with Crippen LogP contribution in [0, 0.1) is 26.6 Å². The first-order chi connectivity index (χ1) is 8.90. The minimum Gasteiger partial charge on any atom is -0.466 e. The molecule has 0 radical (unpaired) electrons. The largest absolute Gasteiger partial charge is 0.466 e. The molecule has 1 N–H and O–H groups in total. The molecule has 0 bridgehead atoms. The van der Waals surface area contributed by atoms with E-state index in [9.17, 15) is 9.50 Å². The van der Waals surface area contributed by atoms with Crippen LogP contribution in [0.4, 0.5) is 4.39 Å². The van der Waals surface area contributed by atoms with Crippen molar-refractivity contribution in [2.45, 2.75) is 33.3 Å². The zero-order chi connectivity index (χ0) is 14.2. The van der Waals surface area contributed by atoms with Crippen LogP contribution in [0.3, 0.4) is 0 Å². The Labute approximate surface area is 120 Å². The van der Waals surface area contributed by atoms with Crippen LogP contribution in [-0.2, 0) is 6.42 Å². The maximum atomic E-state index is 13.0. The average Bonchev–Trinajstić information content (AvgIpc) is 2.57. The zero-order valence-electron chi connectivity index (χ0n) is 11.1. The van der Waals surface area contributed by atoms with E-state index in [0.29, 0.717) is 10.9 Å². The molecule has 4 heteroatoms. The van der Waals surface area contributed by atoms with E-state index < -0.39 is 6.10 Å². The van der Waals surface area contributed by atoms with Gasteiger partial charge in [-0.05, 0) is 44.0 Å². The molecule has 102 valence electrons. The van der Waals surface area contributed by atoms with E-state index in [2.05, 4.69) is 15.9 Å². The number of hydrogen-bond donors (Lipinski definition) is 1. The van der Waals surface area contributed by atoms with Crippen molar-refractivity contribution in [3.05, 3.63) is 56.7 Å². The van der Waals surface area contributed by atoms with Crippen molar-refractivity contribution in [2.24, 2.45) is 0 Å². The van der Waals surface area contributed by atoms with E-state index in [1.54, 1.807) is 6.07 Å². The lowest BCUT2D eigenvalue weighted by Gasteiger charge is -2.12. The molecule has 1 atom stereocenters. The highest BCUT2D eigenvalue weighted by Gasteiger charge is 2.20. The number of furan rings is 1. The summed E-state index contributed by atoms with van der Waals surface area (Å²) in [5.41, 5.74) is 2.67. The van der Waals surface area contributed by atoms with Crippen LogP contribution in [-0.4, -0.2) is 5.11 Å². The van der Waals surface area contributed by atoms with Crippen molar-refractivity contribution in [1.82, 2.24) is 0 Å². The molecule has 0 aliphatic carbocycles. The predicted molar refractivity (Wildman–Crippen MR) is 75.7 cm³/mol. The van der Waals surface area contributed by atoms with Gasteiger partial charge < -0.3 is 9.52 Å². The normalized spacial score (nSPS) is 12.7. The van der Waals surface area contributed by atoms with Crippen molar-refractivity contribution in [1.29, 1.82) is 0 Å². The maximum absolute atomic E-state index is 13.0. The van der Waals surface area contributed by atoms with Gasteiger partial charge in [-0.25, -0.2) is 4.39 Å². The van der Waals surface area contributed by atoms with Gasteiger partial charge in [0.1, 0.15) is 17.3 Å². The van der Waals surface area contributed by atoms with E-state index in [-0.39, 0.29) is 5.82 Å². The van der Waals surface area contributed by atoms with Crippen LogP contribution in [0.25, 0.3) is 0 Å². The van der Waals surface area contributed by atoms with Gasteiger partial charge in [0.25, 0.3) is 0 Å². The third kappa shape index (κ3) is 2.90. The van der Waals surface area contributed by atoms with E-state index in [0.717, 1.165) is 28.2 Å². The van der Waals surface area contributed by atoms with Crippen LogP contribution >= 0.6 is 15.9 Å². The second-order valence-corrected chi connectivity index (χ2v) is 5.56. The van der Waals surface area contributed by atoms with Crippen molar-refractivity contribution in [3.8, 4) is 0 Å². The van der Waals surface area contributed by atoms with Crippen LogP contribution in [0.2, 0.25) is 0 Å². The molecule has 0 amide bonds. The molecule has 0 fully saturated rings. The van der Waals surface area contributed by atoms with Crippen molar-refractivity contribution in [2.75, 3.05) is 0 Å². The van der Waals surface area contributed by atoms with Gasteiger partial charge in [0.15, 0.2) is 0 Å². The fraction of sp³-hybridized carbons (Fsp3) is 0.333. The van der Waals surface area contributed by atoms with Crippen molar-refractivity contribution >= 4 is 15.9 Å². The fourth-order valence-corrected chi connectivity index (χ4v) is 2.81. The lowest BCUT2D eigenvalue weighted by atomic mass is 9.98. The highest BCUT2D eigenvalue weighted by Crippen LogP contribution is 2.31. The smallest absolute Gasteiger partial charge is 0.124 e. The Balaban J connectivity index is 2.28. The maximum Gasteiger partial charge on any atom is 0.124 e. The molecule has 0 spiro atoms.